The van der Waals surface area contributed by atoms with E-state index in [1.807, 2.05) is 20.8 Å². The average molecular weight is 239 g/mol. The second-order valence-electron chi connectivity index (χ2n) is 4.72. The molecule has 1 rings (SSSR count). The van der Waals surface area contributed by atoms with Crippen LogP contribution >= 0.6 is 0 Å². The molecule has 0 spiro atoms. The summed E-state index contributed by atoms with van der Waals surface area (Å²) in [4.78, 5) is 11.9. The lowest BCUT2D eigenvalue weighted by atomic mass is 9.79. The molecule has 17 heavy (non-hydrogen) atoms. The molecular weight excluding hydrogens is 222 g/mol. The smallest absolute Gasteiger partial charge is 0.231 e. The summed E-state index contributed by atoms with van der Waals surface area (Å²) in [5, 5.41) is 22.2. The van der Waals surface area contributed by atoms with Crippen molar-refractivity contribution in [3.8, 4) is 0 Å². The fourth-order valence-corrected chi connectivity index (χ4v) is 1.61. The summed E-state index contributed by atoms with van der Waals surface area (Å²) < 4.78 is 1.28. The van der Waals surface area contributed by atoms with Gasteiger partial charge in [-0.15, -0.1) is 5.10 Å². The molecule has 0 aliphatic heterocycles. The Morgan fingerprint density at radius 1 is 1.53 bits per heavy atom. The van der Waals surface area contributed by atoms with Gasteiger partial charge in [0.15, 0.2) is 5.84 Å². The number of amides is 1. The van der Waals surface area contributed by atoms with Crippen LogP contribution in [0.4, 0.5) is 0 Å². The molecule has 0 radical (unpaired) electrons. The highest BCUT2D eigenvalue weighted by Gasteiger charge is 2.37. The first-order valence-electron chi connectivity index (χ1n) is 5.22. The fraction of sp³-hybridized carbons (Fsp3) is 0.600. The molecule has 0 saturated heterocycles. The topological polar surface area (TPSA) is 92.4 Å². The van der Waals surface area contributed by atoms with Crippen molar-refractivity contribution in [2.75, 3.05) is 7.05 Å². The van der Waals surface area contributed by atoms with Crippen molar-refractivity contribution in [3.05, 3.63) is 12.4 Å². The van der Waals surface area contributed by atoms with Crippen LogP contribution in [0.5, 0.6) is 0 Å². The predicted octanol–water partition coefficient (Wildman–Crippen LogP) is 0.322. The van der Waals surface area contributed by atoms with Gasteiger partial charge < -0.3 is 10.5 Å². The van der Waals surface area contributed by atoms with E-state index in [0.717, 1.165) is 0 Å². The Balaban J connectivity index is 3.18. The Morgan fingerprint density at radius 2 is 2.18 bits per heavy atom. The van der Waals surface area contributed by atoms with Gasteiger partial charge in [-0.25, -0.2) is 4.68 Å². The van der Waals surface area contributed by atoms with Crippen molar-refractivity contribution in [2.45, 2.75) is 20.8 Å². The van der Waals surface area contributed by atoms with Crippen molar-refractivity contribution < 1.29 is 10.0 Å². The zero-order chi connectivity index (χ0) is 13.1. The number of oxime groups is 1. The minimum Gasteiger partial charge on any atom is -0.409 e. The monoisotopic (exact) mass is 239 g/mol. The Labute approximate surface area is 99.5 Å². The van der Waals surface area contributed by atoms with Crippen LogP contribution in [-0.4, -0.2) is 39.0 Å². The molecule has 1 aromatic heterocycles. The number of hydrogen-bond donors (Lipinski definition) is 2. The van der Waals surface area contributed by atoms with E-state index in [4.69, 9.17) is 5.21 Å². The van der Waals surface area contributed by atoms with Crippen molar-refractivity contribution in [1.29, 1.82) is 0 Å². The number of nitrogens with zero attached hydrogens (tertiary/aromatic N) is 4. The summed E-state index contributed by atoms with van der Waals surface area (Å²) in [6.45, 7) is 5.65. The van der Waals surface area contributed by atoms with Crippen LogP contribution in [-0.2, 0) is 4.79 Å². The number of hydrogen-bond acceptors (Lipinski definition) is 5. The van der Waals surface area contributed by atoms with E-state index in [-0.39, 0.29) is 11.7 Å². The quantitative estimate of drug-likeness (QED) is 0.336. The van der Waals surface area contributed by atoms with Gasteiger partial charge in [-0.3, -0.25) is 4.79 Å². The average Bonchev–Trinajstić information content (AvgIpc) is 2.76. The number of aromatic nitrogens is 3. The third kappa shape index (κ3) is 2.80. The van der Waals surface area contributed by atoms with Gasteiger partial charge >= 0.3 is 0 Å². The van der Waals surface area contributed by atoms with Crippen molar-refractivity contribution in [2.24, 2.45) is 16.5 Å². The van der Waals surface area contributed by atoms with Gasteiger partial charge in [-0.2, -0.15) is 0 Å². The van der Waals surface area contributed by atoms with Crippen molar-refractivity contribution in [3.63, 3.8) is 0 Å². The molecule has 0 aliphatic carbocycles. The maximum atomic E-state index is 11.9. The van der Waals surface area contributed by atoms with Crippen molar-refractivity contribution in [1.82, 2.24) is 20.3 Å². The minimum absolute atomic E-state index is 0.148. The Hall–Kier alpha value is -1.92. The van der Waals surface area contributed by atoms with Crippen molar-refractivity contribution >= 4 is 11.7 Å². The lowest BCUT2D eigenvalue weighted by molar-refractivity contribution is -0.125. The maximum absolute atomic E-state index is 11.9. The highest BCUT2D eigenvalue weighted by atomic mass is 16.4. The number of carbonyl (C=O) groups excluding carboxylic acids is 1. The van der Waals surface area contributed by atoms with Gasteiger partial charge in [0.25, 0.3) is 0 Å². The van der Waals surface area contributed by atoms with E-state index in [1.54, 1.807) is 0 Å². The van der Waals surface area contributed by atoms with Crippen LogP contribution in [0.1, 0.15) is 20.8 Å². The molecule has 94 valence electrons. The first-order chi connectivity index (χ1) is 7.91. The molecule has 0 aliphatic rings. The minimum atomic E-state index is -0.626. The fourth-order valence-electron chi connectivity index (χ4n) is 1.61. The van der Waals surface area contributed by atoms with Gasteiger partial charge in [0.1, 0.15) is 5.92 Å². The lowest BCUT2D eigenvalue weighted by Gasteiger charge is -2.28. The molecule has 1 atom stereocenters. The van der Waals surface area contributed by atoms with Crippen LogP contribution < -0.4 is 5.32 Å². The van der Waals surface area contributed by atoms with Gasteiger partial charge in [-0.05, 0) is 5.41 Å². The van der Waals surface area contributed by atoms with Crippen LogP contribution in [0.2, 0.25) is 0 Å². The zero-order valence-corrected chi connectivity index (χ0v) is 10.4. The zero-order valence-electron chi connectivity index (χ0n) is 10.4. The van der Waals surface area contributed by atoms with Gasteiger partial charge in [-0.1, -0.05) is 31.1 Å². The number of rotatable bonds is 2. The van der Waals surface area contributed by atoms with Gasteiger partial charge in [0.2, 0.25) is 5.91 Å². The molecule has 1 unspecified atom stereocenters. The summed E-state index contributed by atoms with van der Waals surface area (Å²) in [7, 11) is 1.54. The SMILES string of the molecule is CNC(=O)C(C(=NO)n1ccnn1)C(C)(C)C. The summed E-state index contributed by atoms with van der Waals surface area (Å²) in [5.74, 6) is -0.714. The first kappa shape index (κ1) is 13.1. The molecule has 2 N–H and O–H groups in total. The predicted molar refractivity (Wildman–Crippen MR) is 61.7 cm³/mol. The molecular formula is C10H17N5O2. The first-order valence-corrected chi connectivity index (χ1v) is 5.22. The van der Waals surface area contributed by atoms with Crippen LogP contribution in [0.3, 0.4) is 0 Å². The van der Waals surface area contributed by atoms with Crippen LogP contribution in [0.15, 0.2) is 17.5 Å². The highest BCUT2D eigenvalue weighted by molar-refractivity contribution is 6.04. The van der Waals surface area contributed by atoms with E-state index in [1.165, 1.54) is 24.1 Å². The second kappa shape index (κ2) is 4.94. The Bertz CT molecular complexity index is 405. The normalized spacial score (nSPS) is 14.5. The molecule has 0 aromatic carbocycles. The molecule has 0 saturated carbocycles. The van der Waals surface area contributed by atoms with E-state index >= 15 is 0 Å². The van der Waals surface area contributed by atoms with Gasteiger partial charge in [0.05, 0.1) is 12.4 Å². The molecule has 1 heterocycles. The molecule has 0 bridgehead atoms. The number of carbonyl (C=O) groups is 1. The maximum Gasteiger partial charge on any atom is 0.231 e. The second-order valence-corrected chi connectivity index (χ2v) is 4.72. The molecule has 0 fully saturated rings. The summed E-state index contributed by atoms with van der Waals surface area (Å²) in [6.07, 6.45) is 2.98. The summed E-state index contributed by atoms with van der Waals surface area (Å²) >= 11 is 0. The lowest BCUT2D eigenvalue weighted by Crippen LogP contribution is -2.44. The van der Waals surface area contributed by atoms with E-state index in [0.29, 0.717) is 0 Å². The molecule has 7 heteroatoms. The molecule has 1 amide bonds. The third-order valence-corrected chi connectivity index (χ3v) is 2.39. The highest BCUT2D eigenvalue weighted by Crippen LogP contribution is 2.27. The largest absolute Gasteiger partial charge is 0.409 e. The summed E-state index contributed by atoms with van der Waals surface area (Å²) in [5.41, 5.74) is -0.409. The van der Waals surface area contributed by atoms with E-state index in [2.05, 4.69) is 20.8 Å². The van der Waals surface area contributed by atoms with Crippen LogP contribution in [0, 0.1) is 11.3 Å². The third-order valence-electron chi connectivity index (χ3n) is 2.39. The number of nitrogens with one attached hydrogen (secondary N) is 1. The molecule has 7 nitrogen and oxygen atoms in total. The molecule has 1 aromatic rings. The van der Waals surface area contributed by atoms with E-state index < -0.39 is 11.3 Å². The van der Waals surface area contributed by atoms with E-state index in [9.17, 15) is 4.79 Å². The van der Waals surface area contributed by atoms with Gasteiger partial charge in [0, 0.05) is 7.05 Å². The van der Waals surface area contributed by atoms with Crippen LogP contribution in [0.25, 0.3) is 0 Å². The Kier molecular flexibility index (Phi) is 3.82. The standard InChI is InChI=1S/C10H17N5O2/c1-10(2,3)7(9(16)11-4)8(13-17)15-6-5-12-14-15/h5-7,17H,1-4H3,(H,11,16). The Morgan fingerprint density at radius 3 is 2.53 bits per heavy atom. The summed E-state index contributed by atoms with van der Waals surface area (Å²) in [6, 6.07) is 0.